The van der Waals surface area contributed by atoms with Crippen molar-refractivity contribution in [1.29, 1.82) is 0 Å². The summed E-state index contributed by atoms with van der Waals surface area (Å²) in [6.07, 6.45) is 6.12. The molecule has 0 radical (unpaired) electrons. The van der Waals surface area contributed by atoms with Crippen molar-refractivity contribution < 1.29 is 14.3 Å². The number of benzene rings is 2. The number of imidazole rings is 1. The SMILES string of the molecule is COc1cc2nc(C)nc(N3CCc4c(cc(Cn5ccnc5)cc4-c4cc(C)nn4C)C3=O)c2cc1OC. The summed E-state index contributed by atoms with van der Waals surface area (Å²) in [6.45, 7) is 4.88. The van der Waals surface area contributed by atoms with Gasteiger partial charge in [-0.2, -0.15) is 5.10 Å². The molecule has 3 aromatic heterocycles. The van der Waals surface area contributed by atoms with Gasteiger partial charge in [0.15, 0.2) is 11.5 Å². The van der Waals surface area contributed by atoms with Crippen molar-refractivity contribution in [3.63, 3.8) is 0 Å². The van der Waals surface area contributed by atoms with E-state index in [9.17, 15) is 4.79 Å². The van der Waals surface area contributed by atoms with Gasteiger partial charge in [-0.25, -0.2) is 15.0 Å². The van der Waals surface area contributed by atoms with Crippen molar-refractivity contribution in [2.24, 2.45) is 7.05 Å². The Balaban J connectivity index is 1.51. The molecule has 1 aliphatic rings. The van der Waals surface area contributed by atoms with Crippen LogP contribution in [0.3, 0.4) is 0 Å². The van der Waals surface area contributed by atoms with E-state index < -0.39 is 0 Å². The largest absolute Gasteiger partial charge is 0.493 e. The molecule has 1 aliphatic heterocycles. The van der Waals surface area contributed by atoms with Gasteiger partial charge < -0.3 is 14.0 Å². The van der Waals surface area contributed by atoms with E-state index in [1.165, 1.54) is 0 Å². The number of anilines is 1. The van der Waals surface area contributed by atoms with Gasteiger partial charge in [0.1, 0.15) is 11.6 Å². The Morgan fingerprint density at radius 3 is 2.44 bits per heavy atom. The monoisotopic (exact) mass is 523 g/mol. The number of aromatic nitrogens is 6. The molecule has 0 atom stereocenters. The Hall–Kier alpha value is -4.73. The predicted molar refractivity (Wildman–Crippen MR) is 147 cm³/mol. The van der Waals surface area contributed by atoms with E-state index >= 15 is 0 Å². The highest BCUT2D eigenvalue weighted by Crippen LogP contribution is 2.38. The van der Waals surface area contributed by atoms with Crippen molar-refractivity contribution >= 4 is 22.6 Å². The lowest BCUT2D eigenvalue weighted by atomic mass is 9.89. The fourth-order valence-corrected chi connectivity index (χ4v) is 5.40. The average molecular weight is 524 g/mol. The number of hydrogen-bond donors (Lipinski definition) is 0. The molecule has 198 valence electrons. The van der Waals surface area contributed by atoms with Gasteiger partial charge in [-0.1, -0.05) is 0 Å². The van der Waals surface area contributed by atoms with E-state index in [1.807, 2.05) is 54.5 Å². The maximum atomic E-state index is 14.2. The third-order valence-corrected chi connectivity index (χ3v) is 7.12. The van der Waals surface area contributed by atoms with Crippen molar-refractivity contribution in [2.45, 2.75) is 26.8 Å². The number of carbonyl (C=O) groups is 1. The Morgan fingerprint density at radius 1 is 0.974 bits per heavy atom. The molecule has 2 aromatic carbocycles. The van der Waals surface area contributed by atoms with Gasteiger partial charge in [-0.15, -0.1) is 0 Å². The van der Waals surface area contributed by atoms with E-state index in [2.05, 4.69) is 27.2 Å². The van der Waals surface area contributed by atoms with Gasteiger partial charge in [0.05, 0.1) is 37.5 Å². The molecule has 10 heteroatoms. The minimum absolute atomic E-state index is 0.0990. The summed E-state index contributed by atoms with van der Waals surface area (Å²) in [5.74, 6) is 2.16. The van der Waals surface area contributed by atoms with Crippen LogP contribution in [0.15, 0.2) is 49.1 Å². The lowest BCUT2D eigenvalue weighted by Crippen LogP contribution is -2.39. The molecule has 0 saturated heterocycles. The van der Waals surface area contributed by atoms with Gasteiger partial charge in [-0.3, -0.25) is 14.4 Å². The fourth-order valence-electron chi connectivity index (χ4n) is 5.40. The highest BCUT2D eigenvalue weighted by atomic mass is 16.5. The summed E-state index contributed by atoms with van der Waals surface area (Å²) in [6, 6.07) is 9.89. The quantitative estimate of drug-likeness (QED) is 0.330. The van der Waals surface area contributed by atoms with Crippen LogP contribution in [0.4, 0.5) is 5.82 Å². The molecule has 6 rings (SSSR count). The zero-order valence-corrected chi connectivity index (χ0v) is 22.6. The highest BCUT2D eigenvalue weighted by molar-refractivity contribution is 6.12. The van der Waals surface area contributed by atoms with Crippen LogP contribution in [0.25, 0.3) is 22.2 Å². The van der Waals surface area contributed by atoms with E-state index in [-0.39, 0.29) is 5.91 Å². The van der Waals surface area contributed by atoms with Crippen LogP contribution < -0.4 is 14.4 Å². The number of aryl methyl sites for hydroxylation is 3. The first-order valence-electron chi connectivity index (χ1n) is 12.7. The first-order chi connectivity index (χ1) is 18.9. The summed E-state index contributed by atoms with van der Waals surface area (Å²) in [5, 5.41) is 5.29. The van der Waals surface area contributed by atoms with Gasteiger partial charge in [0.25, 0.3) is 5.91 Å². The van der Waals surface area contributed by atoms with Gasteiger partial charge in [-0.05, 0) is 55.7 Å². The Labute approximate surface area is 225 Å². The van der Waals surface area contributed by atoms with E-state index in [4.69, 9.17) is 14.5 Å². The van der Waals surface area contributed by atoms with Crippen LogP contribution in [0, 0.1) is 13.8 Å². The third-order valence-electron chi connectivity index (χ3n) is 7.12. The Kier molecular flexibility index (Phi) is 6.02. The average Bonchev–Trinajstić information content (AvgIpc) is 3.56. The first kappa shape index (κ1) is 24.6. The zero-order valence-electron chi connectivity index (χ0n) is 22.6. The molecule has 0 unspecified atom stereocenters. The molecule has 4 heterocycles. The number of ether oxygens (including phenoxy) is 2. The van der Waals surface area contributed by atoms with Crippen LogP contribution in [0.2, 0.25) is 0 Å². The molecule has 10 nitrogen and oxygen atoms in total. The van der Waals surface area contributed by atoms with Gasteiger partial charge >= 0.3 is 0 Å². The standard InChI is InChI=1S/C29H29N7O3/c1-17-10-25(34(3)33-17)21-11-19(15-35-9-7-30-16-35)12-22-20(21)6-8-36(29(22)37)28-23-13-26(38-4)27(39-5)14-24(23)31-18(2)32-28/h7,9-14,16H,6,8,15H2,1-5H3. The van der Waals surface area contributed by atoms with E-state index in [1.54, 1.807) is 31.6 Å². The van der Waals surface area contributed by atoms with Gasteiger partial charge in [0.2, 0.25) is 0 Å². The summed E-state index contributed by atoms with van der Waals surface area (Å²) >= 11 is 0. The van der Waals surface area contributed by atoms with Crippen LogP contribution in [-0.4, -0.2) is 56.0 Å². The molecule has 1 amide bonds. The van der Waals surface area contributed by atoms with Crippen molar-refractivity contribution in [1.82, 2.24) is 29.3 Å². The second-order valence-corrected chi connectivity index (χ2v) is 9.72. The molecule has 0 aliphatic carbocycles. The summed E-state index contributed by atoms with van der Waals surface area (Å²) < 4.78 is 14.9. The molecule has 5 aromatic rings. The first-order valence-corrected chi connectivity index (χ1v) is 12.7. The second-order valence-electron chi connectivity index (χ2n) is 9.72. The van der Waals surface area contributed by atoms with Crippen LogP contribution >= 0.6 is 0 Å². The van der Waals surface area contributed by atoms with E-state index in [0.717, 1.165) is 33.5 Å². The van der Waals surface area contributed by atoms with Gasteiger partial charge in [0, 0.05) is 55.1 Å². The molecule has 0 spiro atoms. The predicted octanol–water partition coefficient (Wildman–Crippen LogP) is 4.11. The smallest absolute Gasteiger partial charge is 0.259 e. The fraction of sp³-hybridized carbons (Fsp3) is 0.276. The normalized spacial score (nSPS) is 13.2. The molecule has 0 fully saturated rings. The van der Waals surface area contributed by atoms with Crippen LogP contribution in [-0.2, 0) is 20.0 Å². The Bertz CT molecular complexity index is 1720. The Morgan fingerprint density at radius 2 is 1.74 bits per heavy atom. The summed E-state index contributed by atoms with van der Waals surface area (Å²) in [4.78, 5) is 29.5. The van der Waals surface area contributed by atoms with Crippen LogP contribution in [0.5, 0.6) is 11.5 Å². The van der Waals surface area contributed by atoms with E-state index in [0.29, 0.717) is 53.7 Å². The number of hydrogen-bond acceptors (Lipinski definition) is 7. The molecule has 0 N–H and O–H groups in total. The third kappa shape index (κ3) is 4.27. The maximum Gasteiger partial charge on any atom is 0.259 e. The number of carbonyl (C=O) groups excluding carboxylic acids is 1. The van der Waals surface area contributed by atoms with Crippen molar-refractivity contribution in [3.05, 3.63) is 77.3 Å². The summed E-state index contributed by atoms with van der Waals surface area (Å²) in [7, 11) is 5.11. The van der Waals surface area contributed by atoms with Crippen molar-refractivity contribution in [2.75, 3.05) is 25.7 Å². The minimum atomic E-state index is -0.0990. The lowest BCUT2D eigenvalue weighted by molar-refractivity contribution is 0.0980. The second kappa shape index (κ2) is 9.54. The molecule has 0 bridgehead atoms. The maximum absolute atomic E-state index is 14.2. The molecule has 0 saturated carbocycles. The highest BCUT2D eigenvalue weighted by Gasteiger charge is 2.31. The molecule has 39 heavy (non-hydrogen) atoms. The van der Waals surface area contributed by atoms with Crippen molar-refractivity contribution in [3.8, 4) is 22.8 Å². The zero-order chi connectivity index (χ0) is 27.3. The molecular weight excluding hydrogens is 494 g/mol. The summed E-state index contributed by atoms with van der Waals surface area (Å²) in [5.41, 5.74) is 6.31. The lowest BCUT2D eigenvalue weighted by Gasteiger charge is -2.30. The number of rotatable bonds is 6. The minimum Gasteiger partial charge on any atom is -0.493 e. The number of amides is 1. The molecular formula is C29H29N7O3. The number of nitrogens with zero attached hydrogens (tertiary/aromatic N) is 7. The number of methoxy groups -OCH3 is 2. The van der Waals surface area contributed by atoms with Crippen LogP contribution in [0.1, 0.15) is 33.0 Å². The number of fused-ring (bicyclic) bond motifs is 2. The topological polar surface area (TPSA) is 100 Å².